The third-order valence-corrected chi connectivity index (χ3v) is 20.0. The molecule has 6 heterocycles. The standard InChI is InChI=1S/C20H25N3O3.C15H19ClN2O6S.C13H16N2O6S.C10H18N2O3.C10H16N2O3.C9H16N2O4/c1-2-26-20(24)19(21-25)15-23-12-10-22(11-13-23)14-17-8-5-7-16-6-3-4-9-18(16)17;1-2-24-15(22)12(8-25-7-11(17)14(20)21)18(23)13(19)9-4-3-5-10(16)6-9;16-8-4-11(12(17)18)15(5-8)6-10(14-20)13(19)21-7-9-2-1-3-22-9;2*1-2-15-10(13)9(11-14)8-12-6-4-3-5-7-12;1-2-15-9(12)8(10-13)7-11-3-5-14-6-4-11/h3-9,25H,2,10-15H2,1H3;3-6,11-12,23H,2,7-8,17H2,1H3,(H,20,21);1-3,8,11,16,20H,4-7H2,(H,17,18);14H,2-8H2,1H3;3-4,14H,2,5-8H2,1H3;13H,2-7H2,1H3/b21-19-;;14-10-;2*11-9-;10-8-. The fraction of sp³-hybridized carbons (Fsp3) is 0.532. The van der Waals surface area contributed by atoms with Crippen molar-refractivity contribution in [1.29, 1.82) is 0 Å². The van der Waals surface area contributed by atoms with Gasteiger partial charge in [0.15, 0.2) is 34.6 Å². The normalized spacial score (nSPS) is 17.7. The van der Waals surface area contributed by atoms with E-state index >= 15 is 0 Å². The zero-order valence-corrected chi connectivity index (χ0v) is 69.3. The first-order valence-corrected chi connectivity index (χ1v) is 40.6. The number of carboxylic acids is 2. The summed E-state index contributed by atoms with van der Waals surface area (Å²) in [5, 5.41) is 102. The number of morpholine rings is 1. The van der Waals surface area contributed by atoms with E-state index in [0.717, 1.165) is 108 Å². The van der Waals surface area contributed by atoms with Crippen LogP contribution in [0.25, 0.3) is 10.8 Å². The number of likely N-dealkylation sites (tertiary alicyclic amines) is 2. The molecule has 11 N–H and O–H groups in total. The summed E-state index contributed by atoms with van der Waals surface area (Å²) in [5.74, 6) is -6.99. The first-order chi connectivity index (χ1) is 56.8. The molecule has 0 bridgehead atoms. The van der Waals surface area contributed by atoms with Crippen LogP contribution >= 0.6 is 34.7 Å². The first kappa shape index (κ1) is 101. The third kappa shape index (κ3) is 37.0. The summed E-state index contributed by atoms with van der Waals surface area (Å²) in [5.41, 5.74) is 6.78. The number of oxime groups is 5. The SMILES string of the molecule is CCOC(=O)/C(CN1CC=CCC1)=N\O.CCOC(=O)/C(CN1CCCCC1)=N\O.CCOC(=O)/C(CN1CCN(Cc2cccc3ccccc23)CC1)=N\O.CCOC(=O)/C(CN1CCOCC1)=N\O.CCOC(=O)C(CSCC(N)C(=O)O)N(O)C(=O)c1cccc(Cl)c1.O=C(OCc1cccs1)/C(CN1CC(O)CC1C(=O)O)=N\O. The first-order valence-electron chi connectivity index (χ1n) is 38.2. The molecule has 652 valence electrons. The molecule has 0 aliphatic carbocycles. The van der Waals surface area contributed by atoms with E-state index in [1.807, 2.05) is 27.3 Å². The number of β-amino-alcohol motifs (C(OH)–C–C–N with tert-alkyl or cyclic N) is 1. The summed E-state index contributed by atoms with van der Waals surface area (Å²) in [4.78, 5) is 117. The number of nitrogens with zero attached hydrogens (tertiary/aromatic N) is 12. The molecule has 38 nitrogen and oxygen atoms in total. The van der Waals surface area contributed by atoms with Crippen molar-refractivity contribution in [1.82, 2.24) is 34.5 Å². The van der Waals surface area contributed by atoms with Crippen LogP contribution in [0.2, 0.25) is 5.02 Å². The van der Waals surface area contributed by atoms with Crippen molar-refractivity contribution in [2.24, 2.45) is 31.5 Å². The van der Waals surface area contributed by atoms with E-state index in [9.17, 15) is 53.5 Å². The number of piperidine rings is 1. The lowest BCUT2D eigenvalue weighted by atomic mass is 10.0. The Morgan fingerprint density at radius 3 is 1.58 bits per heavy atom. The molecule has 118 heavy (non-hydrogen) atoms. The molecule has 1 aromatic heterocycles. The van der Waals surface area contributed by atoms with Gasteiger partial charge in [-0.3, -0.25) is 49.0 Å². The molecule has 4 atom stereocenters. The van der Waals surface area contributed by atoms with Gasteiger partial charge in [0.2, 0.25) is 0 Å². The number of ether oxygens (including phenoxy) is 7. The Bertz CT molecular complexity index is 3900. The molecule has 9 rings (SSSR count). The number of aliphatic hydroxyl groups excluding tert-OH is 1. The van der Waals surface area contributed by atoms with Gasteiger partial charge in [-0.05, 0) is 113 Å². The number of hydroxylamine groups is 2. The number of benzene rings is 3. The molecule has 4 fully saturated rings. The average Bonchev–Trinajstić information content (AvgIpc) is 1.11. The van der Waals surface area contributed by atoms with E-state index in [1.54, 1.807) is 46.8 Å². The highest BCUT2D eigenvalue weighted by Crippen LogP contribution is 2.23. The number of hydrogen-bond donors (Lipinski definition) is 10. The second kappa shape index (κ2) is 57.3. The molecule has 5 aliphatic heterocycles. The highest BCUT2D eigenvalue weighted by molar-refractivity contribution is 7.99. The second-order valence-corrected chi connectivity index (χ2v) is 28.8. The van der Waals surface area contributed by atoms with Gasteiger partial charge in [0.1, 0.15) is 18.7 Å². The van der Waals surface area contributed by atoms with Crippen LogP contribution < -0.4 is 5.73 Å². The zero-order valence-electron chi connectivity index (χ0n) is 66.9. The van der Waals surface area contributed by atoms with Crippen molar-refractivity contribution in [2.75, 3.05) is 162 Å². The predicted molar refractivity (Wildman–Crippen MR) is 437 cm³/mol. The third-order valence-electron chi connectivity index (χ3n) is 17.8. The molecule has 4 unspecified atom stereocenters. The van der Waals surface area contributed by atoms with Crippen LogP contribution in [-0.4, -0.2) is 350 Å². The number of carbonyl (C=O) groups is 9. The molecule has 4 aromatic rings. The number of nitrogens with two attached hydrogens (primary N) is 1. The molecule has 0 saturated carbocycles. The van der Waals surface area contributed by atoms with Crippen LogP contribution in [0.4, 0.5) is 0 Å². The number of thioether (sulfide) groups is 1. The van der Waals surface area contributed by atoms with E-state index in [4.69, 9.17) is 86.7 Å². The van der Waals surface area contributed by atoms with Gasteiger partial charge in [-0.25, -0.2) is 33.8 Å². The van der Waals surface area contributed by atoms with E-state index in [1.165, 1.54) is 57.2 Å². The number of rotatable bonds is 33. The molecule has 0 spiro atoms. The van der Waals surface area contributed by atoms with Crippen LogP contribution in [0, 0.1) is 0 Å². The van der Waals surface area contributed by atoms with Gasteiger partial charge in [0.25, 0.3) is 5.91 Å². The number of aliphatic carboxylic acids is 2. The van der Waals surface area contributed by atoms with Gasteiger partial charge in [0.05, 0.1) is 85.1 Å². The number of fused-ring (bicyclic) bond motifs is 1. The summed E-state index contributed by atoms with van der Waals surface area (Å²) >= 11 is 8.25. The number of esters is 6. The Morgan fingerprint density at radius 1 is 0.576 bits per heavy atom. The Balaban J connectivity index is 0.000000302. The second-order valence-electron chi connectivity index (χ2n) is 26.3. The molecule has 1 amide bonds. The topological polar surface area (TPSA) is 511 Å². The number of aliphatic hydroxyl groups is 1. The number of piperazine rings is 1. The number of carboxylic acid groups (broad SMARTS) is 2. The Hall–Kier alpha value is -9.82. The van der Waals surface area contributed by atoms with Crippen molar-refractivity contribution in [3.8, 4) is 0 Å². The molecule has 41 heteroatoms. The predicted octanol–water partition coefficient (Wildman–Crippen LogP) is 4.96. The van der Waals surface area contributed by atoms with Gasteiger partial charge in [-0.2, -0.15) is 11.8 Å². The maximum atomic E-state index is 12.3. The largest absolute Gasteiger partial charge is 0.480 e. The molecule has 3 aromatic carbocycles. The summed E-state index contributed by atoms with van der Waals surface area (Å²) < 4.78 is 34.2. The maximum Gasteiger partial charge on any atom is 0.357 e. The maximum absolute atomic E-state index is 12.3. The number of halogens is 1. The Kier molecular flexibility index (Phi) is 48.8. The minimum absolute atomic E-state index is 0.00440. The number of thiophene rings is 1. The Labute approximate surface area is 697 Å². The van der Waals surface area contributed by atoms with Crippen molar-refractivity contribution in [2.45, 2.75) is 104 Å². The van der Waals surface area contributed by atoms with Crippen molar-refractivity contribution < 1.29 is 123 Å². The van der Waals surface area contributed by atoms with Crippen LogP contribution in [0.15, 0.2) is 122 Å². The fourth-order valence-corrected chi connectivity index (χ4v) is 13.6. The summed E-state index contributed by atoms with van der Waals surface area (Å²) in [6, 6.07) is 21.0. The van der Waals surface area contributed by atoms with E-state index in [0.29, 0.717) is 51.0 Å². The highest BCUT2D eigenvalue weighted by Gasteiger charge is 2.38. The quantitative estimate of drug-likeness (QED) is 0.00573. The van der Waals surface area contributed by atoms with Crippen molar-refractivity contribution >= 4 is 128 Å². The summed E-state index contributed by atoms with van der Waals surface area (Å²) in [6.45, 7) is 21.7. The molecular formula is C77H110ClN13O25S2. The van der Waals surface area contributed by atoms with Gasteiger partial charge in [-0.1, -0.05) is 111 Å². The summed E-state index contributed by atoms with van der Waals surface area (Å²) in [6.07, 6.45) is 7.88. The number of amides is 1. The highest BCUT2D eigenvalue weighted by atomic mass is 35.5. The minimum Gasteiger partial charge on any atom is -0.480 e. The average molecular weight is 1720 g/mol. The lowest BCUT2D eigenvalue weighted by Crippen LogP contribution is -2.48. The van der Waals surface area contributed by atoms with Crippen LogP contribution in [-0.2, 0) is 84.7 Å². The van der Waals surface area contributed by atoms with Gasteiger partial charge in [-0.15, -0.1) is 11.3 Å². The number of carbonyl (C=O) groups excluding carboxylic acids is 7. The molecular weight excluding hydrogens is 1610 g/mol. The molecule has 4 saturated heterocycles. The van der Waals surface area contributed by atoms with Crippen molar-refractivity contribution in [3.63, 3.8) is 0 Å². The van der Waals surface area contributed by atoms with Crippen LogP contribution in [0.1, 0.15) is 87.5 Å². The van der Waals surface area contributed by atoms with Gasteiger partial charge >= 0.3 is 47.8 Å². The van der Waals surface area contributed by atoms with Crippen LogP contribution in [0.3, 0.4) is 0 Å². The minimum atomic E-state index is -1.31. The van der Waals surface area contributed by atoms with Crippen molar-refractivity contribution in [3.05, 3.63) is 117 Å². The lowest BCUT2D eigenvalue weighted by molar-refractivity contribution is -0.161. The van der Waals surface area contributed by atoms with Crippen LogP contribution in [0.5, 0.6) is 0 Å². The Morgan fingerprint density at radius 2 is 1.08 bits per heavy atom. The van der Waals surface area contributed by atoms with E-state index in [-0.39, 0.29) is 103 Å². The fourth-order valence-electron chi connectivity index (χ4n) is 11.7. The zero-order chi connectivity index (χ0) is 86.7. The molecule has 5 aliphatic rings. The van der Waals surface area contributed by atoms with E-state index in [2.05, 4.69) is 89.0 Å². The van der Waals surface area contributed by atoms with Gasteiger partial charge in [0, 0.05) is 98.8 Å². The van der Waals surface area contributed by atoms with E-state index < -0.39 is 77.9 Å². The molecule has 0 radical (unpaired) electrons. The monoisotopic (exact) mass is 1720 g/mol. The smallest absolute Gasteiger partial charge is 0.357 e. The van der Waals surface area contributed by atoms with Gasteiger partial charge < -0.3 is 80.2 Å². The summed E-state index contributed by atoms with van der Waals surface area (Å²) in [7, 11) is 0. The number of hydrogen-bond acceptors (Lipinski definition) is 37. The lowest BCUT2D eigenvalue weighted by Gasteiger charge is -2.34.